The van der Waals surface area contributed by atoms with Crippen LogP contribution in [0.3, 0.4) is 0 Å². The first-order valence-corrected chi connectivity index (χ1v) is 14.8. The van der Waals surface area contributed by atoms with Crippen molar-refractivity contribution in [2.75, 3.05) is 31.2 Å². The van der Waals surface area contributed by atoms with Gasteiger partial charge in [0.1, 0.15) is 17.6 Å². The van der Waals surface area contributed by atoms with Crippen molar-refractivity contribution in [3.05, 3.63) is 71.2 Å². The van der Waals surface area contributed by atoms with E-state index in [9.17, 15) is 31.5 Å². The van der Waals surface area contributed by atoms with E-state index in [1.165, 1.54) is 7.11 Å². The zero-order valence-corrected chi connectivity index (χ0v) is 23.9. The van der Waals surface area contributed by atoms with Gasteiger partial charge in [-0.25, -0.2) is 8.42 Å². The molecule has 0 unspecified atom stereocenters. The lowest BCUT2D eigenvalue weighted by molar-refractivity contribution is -0.157. The lowest BCUT2D eigenvalue weighted by Gasteiger charge is -2.40. The summed E-state index contributed by atoms with van der Waals surface area (Å²) in [6.07, 6.45) is -5.25. The highest BCUT2D eigenvalue weighted by molar-refractivity contribution is 7.92. The second-order valence-electron chi connectivity index (χ2n) is 10.3. The van der Waals surface area contributed by atoms with E-state index in [1.807, 2.05) is 0 Å². The monoisotopic (exact) mass is 625 g/mol. The minimum atomic E-state index is -4.76. The maximum atomic E-state index is 14.0. The molecule has 0 aliphatic carbocycles. The normalized spacial score (nSPS) is 18.6. The number of carboxylic acid groups (broad SMARTS) is 1. The minimum absolute atomic E-state index is 0.0208. The quantitative estimate of drug-likeness (QED) is 0.331. The summed E-state index contributed by atoms with van der Waals surface area (Å²) < 4.78 is 86.3. The van der Waals surface area contributed by atoms with Crippen LogP contribution < -0.4 is 13.8 Å². The van der Waals surface area contributed by atoms with Crippen LogP contribution in [0.2, 0.25) is 5.02 Å². The summed E-state index contributed by atoms with van der Waals surface area (Å²) in [5.41, 5.74) is -1.07. The molecular weight excluding hydrogens is 599 g/mol. The van der Waals surface area contributed by atoms with Gasteiger partial charge in [-0.05, 0) is 72.5 Å². The molecule has 1 fully saturated rings. The molecule has 5 rings (SSSR count). The molecule has 0 saturated carbocycles. The molecule has 3 aromatic rings. The lowest BCUT2D eigenvalue weighted by Crippen LogP contribution is -2.48. The van der Waals surface area contributed by atoms with Gasteiger partial charge in [0.2, 0.25) is 0 Å². The van der Waals surface area contributed by atoms with Gasteiger partial charge >= 0.3 is 12.1 Å². The molecule has 13 heteroatoms. The maximum absolute atomic E-state index is 14.0. The number of methoxy groups -OCH3 is 1. The number of ether oxygens (including phenoxy) is 3. The van der Waals surface area contributed by atoms with Gasteiger partial charge in [0.05, 0.1) is 35.2 Å². The van der Waals surface area contributed by atoms with Crippen LogP contribution in [0.4, 0.5) is 18.9 Å². The molecule has 2 heterocycles. The molecule has 0 spiro atoms. The molecular formula is C29H27ClF3NO7S. The molecule has 8 nitrogen and oxygen atoms in total. The predicted molar refractivity (Wildman–Crippen MR) is 149 cm³/mol. The van der Waals surface area contributed by atoms with Crippen LogP contribution >= 0.6 is 11.6 Å². The molecule has 3 aromatic carbocycles. The molecule has 42 heavy (non-hydrogen) atoms. The van der Waals surface area contributed by atoms with Crippen LogP contribution in [0.1, 0.15) is 24.8 Å². The van der Waals surface area contributed by atoms with Crippen LogP contribution in [-0.4, -0.2) is 52.5 Å². The van der Waals surface area contributed by atoms with E-state index >= 15 is 0 Å². The van der Waals surface area contributed by atoms with Gasteiger partial charge in [-0.2, -0.15) is 13.2 Å². The van der Waals surface area contributed by atoms with Crippen molar-refractivity contribution in [1.82, 2.24) is 0 Å². The summed E-state index contributed by atoms with van der Waals surface area (Å²) >= 11 is 6.25. The van der Waals surface area contributed by atoms with E-state index in [1.54, 1.807) is 36.4 Å². The number of anilines is 1. The van der Waals surface area contributed by atoms with Crippen LogP contribution in [0, 0.1) is 5.41 Å². The van der Waals surface area contributed by atoms with E-state index in [0.29, 0.717) is 28.0 Å². The number of nitrogens with zero attached hydrogens (tertiary/aromatic N) is 1. The largest absolute Gasteiger partial charge is 0.497 e. The Hall–Kier alpha value is -3.48. The number of aliphatic carboxylic acids is 1. The number of sulfonamides is 1. The predicted octanol–water partition coefficient (Wildman–Crippen LogP) is 6.26. The fourth-order valence-corrected chi connectivity index (χ4v) is 7.11. The molecule has 224 valence electrons. The van der Waals surface area contributed by atoms with Crippen molar-refractivity contribution in [2.24, 2.45) is 5.41 Å². The second-order valence-corrected chi connectivity index (χ2v) is 12.6. The summed E-state index contributed by atoms with van der Waals surface area (Å²) in [5.74, 6) is -0.430. The number of hydrogen-bond acceptors (Lipinski definition) is 6. The summed E-state index contributed by atoms with van der Waals surface area (Å²) in [4.78, 5) is 11.8. The van der Waals surface area contributed by atoms with Gasteiger partial charge in [-0.15, -0.1) is 0 Å². The average molecular weight is 626 g/mol. The Morgan fingerprint density at radius 3 is 2.50 bits per heavy atom. The lowest BCUT2D eigenvalue weighted by atomic mass is 9.75. The standard InChI is InChI=1S/C29H27ClF3NO7S/c1-39-22-12-19(11-21(30)15-22)18-5-6-26-25(13-18)34(42(37,38)24-4-2-3-20(14-24)29(31,32)33)17-23(41-26)16-28(27(35)36)7-9-40-10-8-28/h2-6,11-15,23H,7-10,16-17H2,1H3,(H,35,36)/t23-/m0/s1. The minimum Gasteiger partial charge on any atom is -0.497 e. The summed E-state index contributed by atoms with van der Waals surface area (Å²) in [6, 6.07) is 13.3. The second kappa shape index (κ2) is 11.3. The molecule has 1 saturated heterocycles. The number of carbonyl (C=O) groups is 1. The fourth-order valence-electron chi connectivity index (χ4n) is 5.34. The Bertz CT molecular complexity index is 1610. The Kier molecular flexibility index (Phi) is 8.08. The van der Waals surface area contributed by atoms with Gasteiger partial charge in [0, 0.05) is 24.7 Å². The number of benzene rings is 3. The Balaban J connectivity index is 1.61. The Morgan fingerprint density at radius 1 is 1.10 bits per heavy atom. The third-order valence-electron chi connectivity index (χ3n) is 7.60. The first-order chi connectivity index (χ1) is 19.8. The van der Waals surface area contributed by atoms with Crippen LogP contribution in [0.25, 0.3) is 11.1 Å². The van der Waals surface area contributed by atoms with Crippen molar-refractivity contribution < 1.29 is 45.7 Å². The first-order valence-electron chi connectivity index (χ1n) is 13.0. The SMILES string of the molecule is COc1cc(Cl)cc(-c2ccc3c(c2)N(S(=O)(=O)c2cccc(C(F)(F)F)c2)C[C@H](CC2(C(=O)O)CCOCC2)O3)c1. The van der Waals surface area contributed by atoms with Gasteiger partial charge < -0.3 is 19.3 Å². The fraction of sp³-hybridized carbons (Fsp3) is 0.345. The van der Waals surface area contributed by atoms with Crippen LogP contribution in [0.5, 0.6) is 11.5 Å². The third kappa shape index (κ3) is 5.88. The van der Waals surface area contributed by atoms with Crippen molar-refractivity contribution in [3.8, 4) is 22.6 Å². The van der Waals surface area contributed by atoms with E-state index in [2.05, 4.69) is 0 Å². The molecule has 2 aliphatic heterocycles. The van der Waals surface area contributed by atoms with E-state index in [0.717, 1.165) is 22.5 Å². The topological polar surface area (TPSA) is 102 Å². The average Bonchev–Trinajstić information content (AvgIpc) is 2.96. The highest BCUT2D eigenvalue weighted by atomic mass is 35.5. The van der Waals surface area contributed by atoms with E-state index in [-0.39, 0.29) is 50.5 Å². The highest BCUT2D eigenvalue weighted by Crippen LogP contribution is 2.44. The summed E-state index contributed by atoms with van der Waals surface area (Å²) in [6.45, 7) is 0.145. The zero-order valence-electron chi connectivity index (χ0n) is 22.4. The Morgan fingerprint density at radius 2 is 1.83 bits per heavy atom. The molecule has 1 N–H and O–H groups in total. The smallest absolute Gasteiger partial charge is 0.416 e. The van der Waals surface area contributed by atoms with Gasteiger partial charge in [0.25, 0.3) is 10.0 Å². The van der Waals surface area contributed by atoms with Crippen LogP contribution in [0.15, 0.2) is 65.6 Å². The van der Waals surface area contributed by atoms with Gasteiger partial charge in [-0.1, -0.05) is 23.7 Å². The summed E-state index contributed by atoms with van der Waals surface area (Å²) in [7, 11) is -3.09. The Labute approximate surface area is 245 Å². The number of rotatable bonds is 7. The molecule has 0 amide bonds. The zero-order chi connectivity index (χ0) is 30.3. The molecule has 0 radical (unpaired) electrons. The van der Waals surface area contributed by atoms with Gasteiger partial charge in [-0.3, -0.25) is 9.10 Å². The number of halogens is 4. The van der Waals surface area contributed by atoms with Crippen LogP contribution in [-0.2, 0) is 25.7 Å². The molecule has 0 bridgehead atoms. The van der Waals surface area contributed by atoms with Crippen molar-refractivity contribution in [1.29, 1.82) is 0 Å². The maximum Gasteiger partial charge on any atom is 0.416 e. The van der Waals surface area contributed by atoms with Crippen molar-refractivity contribution in [3.63, 3.8) is 0 Å². The summed E-state index contributed by atoms with van der Waals surface area (Å²) in [5, 5.41) is 10.5. The van der Waals surface area contributed by atoms with Crippen molar-refractivity contribution in [2.45, 2.75) is 36.4 Å². The van der Waals surface area contributed by atoms with E-state index < -0.39 is 44.1 Å². The van der Waals surface area contributed by atoms with Gasteiger partial charge in [0.15, 0.2) is 0 Å². The first kappa shape index (κ1) is 30.0. The van der Waals surface area contributed by atoms with E-state index in [4.69, 9.17) is 25.8 Å². The molecule has 0 aromatic heterocycles. The number of carboxylic acids is 1. The van der Waals surface area contributed by atoms with Crippen molar-refractivity contribution >= 4 is 33.3 Å². The highest BCUT2D eigenvalue weighted by Gasteiger charge is 2.45. The molecule has 1 atom stereocenters. The number of alkyl halides is 3. The number of hydrogen-bond donors (Lipinski definition) is 1. The number of fused-ring (bicyclic) bond motifs is 1. The molecule has 2 aliphatic rings. The third-order valence-corrected chi connectivity index (χ3v) is 9.60.